The van der Waals surface area contributed by atoms with Gasteiger partial charge in [0.2, 0.25) is 5.13 Å². The molecular weight excluding hydrogens is 362 g/mol. The van der Waals surface area contributed by atoms with Crippen LogP contribution in [0.3, 0.4) is 0 Å². The highest BCUT2D eigenvalue weighted by Gasteiger charge is 2.11. The first-order valence-electron chi connectivity index (χ1n) is 8.48. The van der Waals surface area contributed by atoms with Crippen LogP contribution >= 0.6 is 23.1 Å². The zero-order chi connectivity index (χ0) is 18.5. The molecule has 1 N–H and O–H groups in total. The number of thioether (sulfide) groups is 1. The lowest BCUT2D eigenvalue weighted by Crippen LogP contribution is -2.02. The van der Waals surface area contributed by atoms with Gasteiger partial charge in [-0.25, -0.2) is 0 Å². The number of aromatic nitrogens is 2. The zero-order valence-corrected chi connectivity index (χ0v) is 16.7. The van der Waals surface area contributed by atoms with Crippen LogP contribution in [0.1, 0.15) is 34.0 Å². The summed E-state index contributed by atoms with van der Waals surface area (Å²) in [5.74, 6) is 0.473. The molecule has 1 heterocycles. The van der Waals surface area contributed by atoms with Crippen LogP contribution in [-0.4, -0.2) is 21.7 Å². The smallest absolute Gasteiger partial charge is 0.210 e. The van der Waals surface area contributed by atoms with E-state index in [4.69, 9.17) is 0 Å². The van der Waals surface area contributed by atoms with Gasteiger partial charge in [0.25, 0.3) is 0 Å². The van der Waals surface area contributed by atoms with E-state index in [1.54, 1.807) is 0 Å². The van der Waals surface area contributed by atoms with Gasteiger partial charge in [0, 0.05) is 11.3 Å². The highest BCUT2D eigenvalue weighted by Crippen LogP contribution is 2.29. The van der Waals surface area contributed by atoms with Crippen molar-refractivity contribution in [3.05, 3.63) is 64.7 Å². The molecule has 0 amide bonds. The summed E-state index contributed by atoms with van der Waals surface area (Å²) < 4.78 is 0.788. The monoisotopic (exact) mass is 383 g/mol. The molecule has 0 atom stereocenters. The Morgan fingerprint density at radius 2 is 1.88 bits per heavy atom. The summed E-state index contributed by atoms with van der Waals surface area (Å²) in [5, 5.41) is 12.4. The number of nitrogens with zero attached hydrogens (tertiary/aromatic N) is 2. The molecule has 2 aromatic carbocycles. The van der Waals surface area contributed by atoms with Gasteiger partial charge in [0.05, 0.1) is 5.75 Å². The van der Waals surface area contributed by atoms with Gasteiger partial charge in [-0.2, -0.15) is 0 Å². The van der Waals surface area contributed by atoms with Gasteiger partial charge in [-0.3, -0.25) is 4.79 Å². The Bertz CT molecular complexity index is 904. The molecule has 6 heteroatoms. The van der Waals surface area contributed by atoms with Crippen molar-refractivity contribution in [1.29, 1.82) is 0 Å². The number of aryl methyl sites for hydroxylation is 2. The molecule has 4 nitrogen and oxygen atoms in total. The third-order valence-electron chi connectivity index (χ3n) is 4.26. The maximum atomic E-state index is 12.3. The fourth-order valence-electron chi connectivity index (χ4n) is 2.46. The van der Waals surface area contributed by atoms with Crippen molar-refractivity contribution in [2.45, 2.75) is 31.5 Å². The molecule has 0 aliphatic rings. The van der Waals surface area contributed by atoms with Crippen molar-refractivity contribution < 1.29 is 4.79 Å². The molecule has 3 rings (SSSR count). The van der Waals surface area contributed by atoms with Gasteiger partial charge >= 0.3 is 0 Å². The van der Waals surface area contributed by atoms with Crippen LogP contribution in [0, 0.1) is 13.8 Å². The molecule has 26 heavy (non-hydrogen) atoms. The Kier molecular flexibility index (Phi) is 6.06. The molecule has 1 aromatic heterocycles. The van der Waals surface area contributed by atoms with Crippen LogP contribution < -0.4 is 5.32 Å². The predicted octanol–water partition coefficient (Wildman–Crippen LogP) is 5.44. The lowest BCUT2D eigenvalue weighted by molar-refractivity contribution is 0.102. The van der Waals surface area contributed by atoms with Gasteiger partial charge in [0.15, 0.2) is 10.1 Å². The summed E-state index contributed by atoms with van der Waals surface area (Å²) in [5.41, 5.74) is 5.44. The molecule has 0 fully saturated rings. The van der Waals surface area contributed by atoms with Crippen LogP contribution in [0.5, 0.6) is 0 Å². The Labute approximate surface area is 162 Å². The minimum Gasteiger partial charge on any atom is -0.330 e. The topological polar surface area (TPSA) is 54.9 Å². The van der Waals surface area contributed by atoms with Crippen molar-refractivity contribution in [3.8, 4) is 0 Å². The molecule has 0 radical (unpaired) electrons. The van der Waals surface area contributed by atoms with Gasteiger partial charge < -0.3 is 5.32 Å². The molecule has 0 spiro atoms. The van der Waals surface area contributed by atoms with Gasteiger partial charge in [-0.05, 0) is 43.0 Å². The van der Waals surface area contributed by atoms with Crippen molar-refractivity contribution >= 4 is 39.7 Å². The second-order valence-corrected chi connectivity index (χ2v) is 8.21. The molecule has 0 bridgehead atoms. The van der Waals surface area contributed by atoms with Crippen LogP contribution in [-0.2, 0) is 6.42 Å². The summed E-state index contributed by atoms with van der Waals surface area (Å²) in [6.07, 6.45) is 0.976. The highest BCUT2D eigenvalue weighted by atomic mass is 32.2. The quantitative estimate of drug-likeness (QED) is 0.435. The van der Waals surface area contributed by atoms with Crippen LogP contribution in [0.2, 0.25) is 0 Å². The number of anilines is 2. The van der Waals surface area contributed by atoms with Crippen molar-refractivity contribution in [2.24, 2.45) is 0 Å². The Morgan fingerprint density at radius 1 is 1.12 bits per heavy atom. The summed E-state index contributed by atoms with van der Waals surface area (Å²) in [4.78, 5) is 12.3. The van der Waals surface area contributed by atoms with Crippen LogP contribution in [0.15, 0.2) is 46.8 Å². The first kappa shape index (κ1) is 18.6. The number of hydrogen-bond donors (Lipinski definition) is 1. The Morgan fingerprint density at radius 3 is 2.62 bits per heavy atom. The number of rotatable bonds is 7. The first-order valence-corrected chi connectivity index (χ1v) is 10.3. The van der Waals surface area contributed by atoms with E-state index in [2.05, 4.69) is 42.4 Å². The molecule has 0 aliphatic carbocycles. The van der Waals surface area contributed by atoms with E-state index in [0.29, 0.717) is 5.75 Å². The SMILES string of the molecule is CCc1ccc(C(=O)CSc2nnc(Nc3cccc(C)c3C)s2)cc1. The minimum atomic E-state index is 0.108. The molecular formula is C20H21N3OS2. The fraction of sp³-hybridized carbons (Fsp3) is 0.250. The van der Waals surface area contributed by atoms with E-state index >= 15 is 0 Å². The molecule has 134 valence electrons. The standard InChI is InChI=1S/C20H21N3OS2/c1-4-15-8-10-16(11-9-15)18(24)12-25-20-23-22-19(26-20)21-17-7-5-6-13(2)14(17)3/h5-11H,4,12H2,1-3H3,(H,21,22). The number of ketones is 1. The van der Waals surface area contributed by atoms with E-state index in [0.717, 1.165) is 27.1 Å². The largest absolute Gasteiger partial charge is 0.330 e. The fourth-order valence-corrected chi connectivity index (χ4v) is 4.12. The van der Waals surface area contributed by atoms with Crippen LogP contribution in [0.25, 0.3) is 0 Å². The molecule has 0 saturated heterocycles. The second-order valence-electron chi connectivity index (χ2n) is 6.01. The maximum absolute atomic E-state index is 12.3. The van der Waals surface area contributed by atoms with Crippen molar-refractivity contribution in [1.82, 2.24) is 10.2 Å². The van der Waals surface area contributed by atoms with Crippen molar-refractivity contribution in [3.63, 3.8) is 0 Å². The van der Waals surface area contributed by atoms with E-state index in [-0.39, 0.29) is 5.78 Å². The molecule has 0 aliphatic heterocycles. The molecule has 0 unspecified atom stereocenters. The average Bonchev–Trinajstić information content (AvgIpc) is 3.11. The number of hydrogen-bond acceptors (Lipinski definition) is 6. The summed E-state index contributed by atoms with van der Waals surface area (Å²) >= 11 is 2.89. The van der Waals surface area contributed by atoms with E-state index in [1.165, 1.54) is 39.8 Å². The van der Waals surface area contributed by atoms with E-state index < -0.39 is 0 Å². The number of Topliss-reactive ketones (excluding diaryl/α,β-unsaturated/α-hetero) is 1. The number of nitrogens with one attached hydrogen (secondary N) is 1. The normalized spacial score (nSPS) is 10.7. The van der Waals surface area contributed by atoms with Crippen molar-refractivity contribution in [2.75, 3.05) is 11.1 Å². The lowest BCUT2D eigenvalue weighted by Gasteiger charge is -2.08. The summed E-state index contributed by atoms with van der Waals surface area (Å²) in [6.45, 7) is 6.27. The van der Waals surface area contributed by atoms with Crippen LogP contribution in [0.4, 0.5) is 10.8 Å². The highest BCUT2D eigenvalue weighted by molar-refractivity contribution is 8.01. The van der Waals surface area contributed by atoms with Gasteiger partial charge in [-0.15, -0.1) is 10.2 Å². The number of carbonyl (C=O) groups is 1. The number of benzene rings is 2. The summed E-state index contributed by atoms with van der Waals surface area (Å²) in [6, 6.07) is 13.9. The predicted molar refractivity (Wildman–Crippen MR) is 110 cm³/mol. The first-order chi connectivity index (χ1) is 12.6. The van der Waals surface area contributed by atoms with E-state index in [9.17, 15) is 4.79 Å². The Hall–Kier alpha value is -2.18. The molecule has 0 saturated carbocycles. The zero-order valence-electron chi connectivity index (χ0n) is 15.1. The lowest BCUT2D eigenvalue weighted by atomic mass is 10.1. The van der Waals surface area contributed by atoms with Gasteiger partial charge in [-0.1, -0.05) is 66.4 Å². The molecule has 3 aromatic rings. The Balaban J connectivity index is 1.59. The second kappa shape index (κ2) is 8.47. The third-order valence-corrected chi connectivity index (χ3v) is 6.24. The maximum Gasteiger partial charge on any atom is 0.210 e. The average molecular weight is 384 g/mol. The number of carbonyl (C=O) groups excluding carboxylic acids is 1. The third kappa shape index (κ3) is 4.51. The summed E-state index contributed by atoms with van der Waals surface area (Å²) in [7, 11) is 0. The minimum absolute atomic E-state index is 0.108. The van der Waals surface area contributed by atoms with Gasteiger partial charge in [0.1, 0.15) is 0 Å². The van der Waals surface area contributed by atoms with E-state index in [1.807, 2.05) is 36.4 Å².